The van der Waals surface area contributed by atoms with Gasteiger partial charge in [0.25, 0.3) is 0 Å². The average molecular weight is 535 g/mol. The largest absolute Gasteiger partial charge is 0.478 e. The Hall–Kier alpha value is -3.17. The number of hydrogen-bond donors (Lipinski definition) is 3. The van der Waals surface area contributed by atoms with Gasteiger partial charge in [-0.25, -0.2) is 9.18 Å². The van der Waals surface area contributed by atoms with Crippen molar-refractivity contribution in [1.82, 2.24) is 10.2 Å². The lowest BCUT2D eigenvalue weighted by Gasteiger charge is -2.25. The first-order valence-corrected chi connectivity index (χ1v) is 12.8. The van der Waals surface area contributed by atoms with E-state index in [2.05, 4.69) is 11.1 Å². The van der Waals surface area contributed by atoms with Crippen LogP contribution in [0.4, 0.5) is 4.39 Å². The van der Waals surface area contributed by atoms with E-state index in [-0.39, 0.29) is 36.7 Å². The number of carboxylic acid groups (broad SMARTS) is 1. The Morgan fingerprint density at radius 3 is 2.54 bits per heavy atom. The third-order valence-electron chi connectivity index (χ3n) is 6.36. The minimum atomic E-state index is -1.02. The van der Waals surface area contributed by atoms with E-state index in [9.17, 15) is 23.9 Å². The quantitative estimate of drug-likeness (QED) is 0.409. The molecule has 0 aromatic heterocycles. The maximum atomic E-state index is 13.3. The molecule has 3 rings (SSSR count). The molecule has 200 valence electrons. The lowest BCUT2D eigenvalue weighted by molar-refractivity contribution is -0.418. The van der Waals surface area contributed by atoms with Gasteiger partial charge in [0.1, 0.15) is 17.6 Å². The fourth-order valence-electron chi connectivity index (χ4n) is 4.38. The number of carbonyl (C=O) groups is 3. The maximum Gasteiger partial charge on any atom is 0.345 e. The first-order valence-electron chi connectivity index (χ1n) is 12.4. The van der Waals surface area contributed by atoms with Crippen LogP contribution in [0.1, 0.15) is 44.2 Å². The van der Waals surface area contributed by atoms with Crippen molar-refractivity contribution in [3.05, 3.63) is 64.4 Å². The lowest BCUT2D eigenvalue weighted by Crippen LogP contribution is -2.63. The molecule has 1 fully saturated rings. The summed E-state index contributed by atoms with van der Waals surface area (Å²) in [4.78, 5) is 38.8. The van der Waals surface area contributed by atoms with Crippen LogP contribution < -0.4 is 15.8 Å². The molecular weight excluding hydrogens is 501 g/mol. The normalized spacial score (nSPS) is 16.9. The van der Waals surface area contributed by atoms with E-state index in [1.807, 2.05) is 0 Å². The highest BCUT2D eigenvalue weighted by Gasteiger charge is 2.35. The van der Waals surface area contributed by atoms with Gasteiger partial charge in [0.15, 0.2) is 6.10 Å². The van der Waals surface area contributed by atoms with Crippen LogP contribution in [-0.2, 0) is 27.3 Å². The van der Waals surface area contributed by atoms with Gasteiger partial charge in [0.05, 0.1) is 12.5 Å². The third-order valence-corrected chi connectivity index (χ3v) is 6.72. The number of carbonyl (C=O) groups excluding carboxylic acids is 2. The van der Waals surface area contributed by atoms with Crippen LogP contribution in [0.2, 0.25) is 5.02 Å². The van der Waals surface area contributed by atoms with Crippen LogP contribution in [0.3, 0.4) is 0 Å². The topological polar surface area (TPSA) is 124 Å². The van der Waals surface area contributed by atoms with Crippen molar-refractivity contribution in [2.45, 2.75) is 64.3 Å². The highest BCUT2D eigenvalue weighted by atomic mass is 35.5. The second-order valence-electron chi connectivity index (χ2n) is 9.74. The zero-order chi connectivity index (χ0) is 27.1. The van der Waals surface area contributed by atoms with Gasteiger partial charge in [-0.1, -0.05) is 43.6 Å². The SMILES string of the molecule is CC(C)[C@@H](Oc1ccc(CNC(=O)[C@@H]2CCCN2C(=O)CC([NH3+])Cc2ccc(F)cc2Cl)cc1)C(=O)O. The summed E-state index contributed by atoms with van der Waals surface area (Å²) in [5.41, 5.74) is 5.60. The number of nitrogens with one attached hydrogen (secondary N) is 1. The van der Waals surface area contributed by atoms with Crippen LogP contribution in [-0.4, -0.2) is 52.5 Å². The van der Waals surface area contributed by atoms with Crippen molar-refractivity contribution < 1.29 is 34.4 Å². The van der Waals surface area contributed by atoms with Crippen LogP contribution in [0.5, 0.6) is 5.75 Å². The molecule has 37 heavy (non-hydrogen) atoms. The summed E-state index contributed by atoms with van der Waals surface area (Å²) in [7, 11) is 0. The molecule has 3 atom stereocenters. The summed E-state index contributed by atoms with van der Waals surface area (Å²) in [6, 6.07) is 10.2. The van der Waals surface area contributed by atoms with Crippen molar-refractivity contribution in [2.75, 3.05) is 6.54 Å². The van der Waals surface area contributed by atoms with Gasteiger partial charge in [-0.05, 0) is 48.2 Å². The van der Waals surface area contributed by atoms with Crippen LogP contribution in [0.25, 0.3) is 0 Å². The molecule has 1 unspecified atom stereocenters. The number of amides is 2. The third kappa shape index (κ3) is 7.90. The summed E-state index contributed by atoms with van der Waals surface area (Å²) in [5.74, 6) is -1.55. The van der Waals surface area contributed by atoms with E-state index in [0.717, 1.165) is 17.5 Å². The molecule has 2 aromatic rings. The van der Waals surface area contributed by atoms with Gasteiger partial charge in [0.2, 0.25) is 11.8 Å². The van der Waals surface area contributed by atoms with Gasteiger partial charge in [-0.15, -0.1) is 0 Å². The number of ether oxygens (including phenoxy) is 1. The minimum Gasteiger partial charge on any atom is -0.478 e. The molecule has 0 saturated carbocycles. The second kappa shape index (κ2) is 12.9. The molecule has 1 saturated heterocycles. The summed E-state index contributed by atoms with van der Waals surface area (Å²) in [5, 5.41) is 12.5. The Labute approximate surface area is 220 Å². The summed E-state index contributed by atoms with van der Waals surface area (Å²) >= 11 is 6.10. The monoisotopic (exact) mass is 534 g/mol. The number of carboxylic acids is 1. The number of nitrogens with zero attached hydrogens (tertiary/aromatic N) is 1. The predicted molar refractivity (Wildman–Crippen MR) is 136 cm³/mol. The van der Waals surface area contributed by atoms with E-state index in [1.54, 1.807) is 49.1 Å². The molecule has 10 heteroatoms. The van der Waals surface area contributed by atoms with Crippen LogP contribution >= 0.6 is 11.6 Å². The zero-order valence-corrected chi connectivity index (χ0v) is 21.8. The van der Waals surface area contributed by atoms with Gasteiger partial charge in [-0.3, -0.25) is 9.59 Å². The predicted octanol–water partition coefficient (Wildman–Crippen LogP) is 2.82. The molecule has 0 radical (unpaired) electrons. The van der Waals surface area contributed by atoms with E-state index in [0.29, 0.717) is 30.2 Å². The molecule has 0 aliphatic carbocycles. The van der Waals surface area contributed by atoms with Crippen molar-refractivity contribution in [1.29, 1.82) is 0 Å². The standard InChI is InChI=1S/C27H33ClFN3O5/c1-16(2)25(27(35)36)37-21-9-5-17(6-10-21)15-31-26(34)23-4-3-11-32(23)24(33)14-20(30)12-18-7-8-19(29)13-22(18)28/h5-10,13,16,20,23,25H,3-4,11-12,14-15,30H2,1-2H3,(H,31,34)(H,35,36)/p+1/t20?,23-,25+/m0/s1. The number of hydrogen-bond acceptors (Lipinski definition) is 4. The molecule has 1 aliphatic heterocycles. The van der Waals surface area contributed by atoms with Crippen LogP contribution in [0, 0.1) is 11.7 Å². The van der Waals surface area contributed by atoms with E-state index in [4.69, 9.17) is 16.3 Å². The Bertz CT molecular complexity index is 1110. The second-order valence-corrected chi connectivity index (χ2v) is 10.1. The van der Waals surface area contributed by atoms with Crippen LogP contribution in [0.15, 0.2) is 42.5 Å². The highest BCUT2D eigenvalue weighted by molar-refractivity contribution is 6.31. The Morgan fingerprint density at radius 1 is 1.22 bits per heavy atom. The molecule has 1 heterocycles. The molecule has 0 bridgehead atoms. The smallest absolute Gasteiger partial charge is 0.345 e. The highest BCUT2D eigenvalue weighted by Crippen LogP contribution is 2.22. The summed E-state index contributed by atoms with van der Waals surface area (Å²) in [6.45, 7) is 4.33. The minimum absolute atomic E-state index is 0.143. The molecule has 8 nitrogen and oxygen atoms in total. The first-order chi connectivity index (χ1) is 17.5. The first kappa shape index (κ1) is 28.4. The fourth-order valence-corrected chi connectivity index (χ4v) is 4.63. The summed E-state index contributed by atoms with van der Waals surface area (Å²) < 4.78 is 18.8. The van der Waals surface area contributed by atoms with Crippen molar-refractivity contribution >= 4 is 29.4 Å². The Balaban J connectivity index is 1.51. The van der Waals surface area contributed by atoms with E-state index < -0.39 is 23.9 Å². The number of quaternary nitrogens is 1. The van der Waals surface area contributed by atoms with Gasteiger partial charge in [0, 0.05) is 30.5 Å². The molecule has 5 N–H and O–H groups in total. The molecule has 1 aliphatic rings. The molecule has 0 spiro atoms. The van der Waals surface area contributed by atoms with Gasteiger partial charge >= 0.3 is 5.97 Å². The zero-order valence-electron chi connectivity index (χ0n) is 21.1. The van der Waals surface area contributed by atoms with E-state index >= 15 is 0 Å². The average Bonchev–Trinajstić information content (AvgIpc) is 3.33. The summed E-state index contributed by atoms with van der Waals surface area (Å²) in [6.07, 6.45) is 0.970. The van der Waals surface area contributed by atoms with Crippen molar-refractivity contribution in [3.63, 3.8) is 0 Å². The van der Waals surface area contributed by atoms with Crippen molar-refractivity contribution in [2.24, 2.45) is 5.92 Å². The number of benzene rings is 2. The molecule has 2 aromatic carbocycles. The lowest BCUT2D eigenvalue weighted by atomic mass is 10.0. The van der Waals surface area contributed by atoms with Crippen molar-refractivity contribution in [3.8, 4) is 5.75 Å². The number of aliphatic carboxylic acids is 1. The maximum absolute atomic E-state index is 13.3. The molecule has 2 amide bonds. The Morgan fingerprint density at radius 2 is 1.92 bits per heavy atom. The molecular formula is C27H34ClFN3O5+. The number of rotatable bonds is 11. The van der Waals surface area contributed by atoms with Gasteiger partial charge in [-0.2, -0.15) is 0 Å². The Kier molecular flexibility index (Phi) is 9.88. The van der Waals surface area contributed by atoms with E-state index in [1.165, 1.54) is 12.1 Å². The number of halogens is 2. The fraction of sp³-hybridized carbons (Fsp3) is 0.444. The number of likely N-dealkylation sites (tertiary alicyclic amines) is 1. The van der Waals surface area contributed by atoms with Gasteiger partial charge < -0.3 is 25.8 Å².